The van der Waals surface area contributed by atoms with E-state index in [2.05, 4.69) is 60.2 Å². The Kier molecular flexibility index (Phi) is 6.10. The Morgan fingerprint density at radius 3 is 2.67 bits per heavy atom. The highest BCUT2D eigenvalue weighted by Crippen LogP contribution is 2.36. The summed E-state index contributed by atoms with van der Waals surface area (Å²) >= 11 is 1.61. The molecule has 1 aromatic heterocycles. The summed E-state index contributed by atoms with van der Waals surface area (Å²) in [6.07, 6.45) is 0.697. The van der Waals surface area contributed by atoms with Crippen LogP contribution in [-0.4, -0.2) is 18.5 Å². The van der Waals surface area contributed by atoms with Gasteiger partial charge in [0.25, 0.3) is 0 Å². The fourth-order valence-corrected chi connectivity index (χ4v) is 4.01. The van der Waals surface area contributed by atoms with Gasteiger partial charge in [-0.25, -0.2) is 0 Å². The molecule has 4 nitrogen and oxygen atoms in total. The molecule has 0 aliphatic heterocycles. The van der Waals surface area contributed by atoms with Crippen molar-refractivity contribution in [2.24, 2.45) is 5.92 Å². The van der Waals surface area contributed by atoms with E-state index in [1.54, 1.807) is 11.3 Å². The molecule has 0 aliphatic carbocycles. The number of hydrogen-bond acceptors (Lipinski definition) is 4. The first-order valence-electron chi connectivity index (χ1n) is 9.05. The summed E-state index contributed by atoms with van der Waals surface area (Å²) in [6, 6.07) is 16.2. The van der Waals surface area contributed by atoms with E-state index in [1.807, 2.05) is 23.6 Å². The van der Waals surface area contributed by atoms with Crippen molar-refractivity contribution in [3.8, 4) is 17.2 Å². The van der Waals surface area contributed by atoms with Crippen molar-refractivity contribution in [1.29, 1.82) is 5.26 Å². The van der Waals surface area contributed by atoms with Crippen molar-refractivity contribution in [3.63, 3.8) is 0 Å². The van der Waals surface area contributed by atoms with E-state index in [4.69, 9.17) is 5.26 Å². The summed E-state index contributed by atoms with van der Waals surface area (Å²) in [6.45, 7) is 4.20. The second kappa shape index (κ2) is 8.70. The molecule has 3 rings (SSSR count). The van der Waals surface area contributed by atoms with Gasteiger partial charge in [0.05, 0.1) is 11.8 Å². The van der Waals surface area contributed by atoms with Gasteiger partial charge in [0.2, 0.25) is 5.91 Å². The first-order chi connectivity index (χ1) is 13.1. The molecule has 1 atom stereocenters. The standard InChI is InChI=1S/C22H23N3OS/c1-15(2)12-20(22(26)24-11-10-23)25-21-14-27-13-19(21)18-9-5-7-16-6-3-4-8-17(16)18/h3-9,13-15,20,25H,11-12H2,1-2H3,(H,24,26)/t20-/m0/s1. The Morgan fingerprint density at radius 2 is 1.89 bits per heavy atom. The van der Waals surface area contributed by atoms with Crippen molar-refractivity contribution in [1.82, 2.24) is 5.32 Å². The number of amides is 1. The molecule has 138 valence electrons. The lowest BCUT2D eigenvalue weighted by Crippen LogP contribution is -2.40. The predicted octanol–water partition coefficient (Wildman–Crippen LogP) is 5.03. The highest BCUT2D eigenvalue weighted by Gasteiger charge is 2.21. The molecule has 0 spiro atoms. The molecule has 1 amide bonds. The summed E-state index contributed by atoms with van der Waals surface area (Å²) in [5.74, 6) is 0.218. The minimum Gasteiger partial charge on any atom is -0.372 e. The monoisotopic (exact) mass is 377 g/mol. The first-order valence-corrected chi connectivity index (χ1v) is 10.00. The molecule has 0 saturated carbocycles. The van der Waals surface area contributed by atoms with E-state index >= 15 is 0 Å². The lowest BCUT2D eigenvalue weighted by molar-refractivity contribution is -0.121. The summed E-state index contributed by atoms with van der Waals surface area (Å²) in [4.78, 5) is 12.5. The number of nitrogens with zero attached hydrogens (tertiary/aromatic N) is 1. The van der Waals surface area contributed by atoms with E-state index in [0.29, 0.717) is 12.3 Å². The Morgan fingerprint density at radius 1 is 1.11 bits per heavy atom. The SMILES string of the molecule is CC(C)C[C@H](Nc1cscc1-c1cccc2ccccc12)C(=O)NCC#N. The van der Waals surface area contributed by atoms with Crippen LogP contribution in [0.1, 0.15) is 20.3 Å². The Hall–Kier alpha value is -2.84. The van der Waals surface area contributed by atoms with Gasteiger partial charge in [0.15, 0.2) is 0 Å². The maximum atomic E-state index is 12.5. The van der Waals surface area contributed by atoms with Gasteiger partial charge in [-0.3, -0.25) is 4.79 Å². The van der Waals surface area contributed by atoms with Crippen LogP contribution >= 0.6 is 11.3 Å². The van der Waals surface area contributed by atoms with E-state index in [0.717, 1.165) is 16.8 Å². The molecule has 0 saturated heterocycles. The number of fused-ring (bicyclic) bond motifs is 1. The fraction of sp³-hybridized carbons (Fsp3) is 0.273. The van der Waals surface area contributed by atoms with Gasteiger partial charge in [-0.2, -0.15) is 5.26 Å². The second-order valence-corrected chi connectivity index (χ2v) is 7.67. The Labute approximate surface area is 163 Å². The zero-order chi connectivity index (χ0) is 19.2. The highest BCUT2D eigenvalue weighted by atomic mass is 32.1. The van der Waals surface area contributed by atoms with Gasteiger partial charge >= 0.3 is 0 Å². The normalized spacial score (nSPS) is 11.9. The van der Waals surface area contributed by atoms with Crippen molar-refractivity contribution in [3.05, 3.63) is 53.2 Å². The second-order valence-electron chi connectivity index (χ2n) is 6.93. The summed E-state index contributed by atoms with van der Waals surface area (Å²) in [5.41, 5.74) is 3.20. The number of benzene rings is 2. The maximum Gasteiger partial charge on any atom is 0.243 e. The number of thiophene rings is 1. The molecule has 5 heteroatoms. The molecule has 0 bridgehead atoms. The fourth-order valence-electron chi connectivity index (χ4n) is 3.22. The van der Waals surface area contributed by atoms with Crippen molar-refractivity contribution < 1.29 is 4.79 Å². The van der Waals surface area contributed by atoms with Crippen LogP contribution in [0.3, 0.4) is 0 Å². The predicted molar refractivity (Wildman–Crippen MR) is 113 cm³/mol. The zero-order valence-corrected chi connectivity index (χ0v) is 16.3. The molecule has 2 aromatic carbocycles. The molecule has 2 N–H and O–H groups in total. The Bertz CT molecular complexity index is 966. The third-order valence-corrected chi connectivity index (χ3v) is 5.18. The molecular formula is C22H23N3OS. The van der Waals surface area contributed by atoms with Gasteiger partial charge in [-0.05, 0) is 28.7 Å². The number of hydrogen-bond donors (Lipinski definition) is 2. The van der Waals surface area contributed by atoms with E-state index < -0.39 is 0 Å². The quantitative estimate of drug-likeness (QED) is 0.567. The minimum atomic E-state index is -0.373. The number of rotatable bonds is 7. The van der Waals surface area contributed by atoms with Crippen LogP contribution in [0.2, 0.25) is 0 Å². The third kappa shape index (κ3) is 4.47. The van der Waals surface area contributed by atoms with Gasteiger partial charge < -0.3 is 10.6 Å². The number of carbonyl (C=O) groups is 1. The topological polar surface area (TPSA) is 64.9 Å². The summed E-state index contributed by atoms with van der Waals surface area (Å²) < 4.78 is 0. The molecule has 27 heavy (non-hydrogen) atoms. The molecular weight excluding hydrogens is 354 g/mol. The molecule has 0 unspecified atom stereocenters. The van der Waals surface area contributed by atoms with Crippen LogP contribution in [-0.2, 0) is 4.79 Å². The zero-order valence-electron chi connectivity index (χ0n) is 15.5. The molecule has 0 aliphatic rings. The van der Waals surface area contributed by atoms with Crippen molar-refractivity contribution in [2.75, 3.05) is 11.9 Å². The van der Waals surface area contributed by atoms with Crippen LogP contribution in [0.25, 0.3) is 21.9 Å². The largest absolute Gasteiger partial charge is 0.372 e. The number of nitrogens with one attached hydrogen (secondary N) is 2. The Balaban J connectivity index is 1.93. The van der Waals surface area contributed by atoms with E-state index in [9.17, 15) is 4.79 Å². The van der Waals surface area contributed by atoms with Gasteiger partial charge in [0, 0.05) is 16.3 Å². The van der Waals surface area contributed by atoms with Crippen LogP contribution in [0.5, 0.6) is 0 Å². The van der Waals surface area contributed by atoms with Crippen molar-refractivity contribution in [2.45, 2.75) is 26.3 Å². The van der Waals surface area contributed by atoms with E-state index in [1.165, 1.54) is 10.8 Å². The molecule has 0 radical (unpaired) electrons. The lowest BCUT2D eigenvalue weighted by atomic mass is 9.98. The molecule has 3 aromatic rings. The first kappa shape index (κ1) is 18.9. The van der Waals surface area contributed by atoms with Crippen molar-refractivity contribution >= 4 is 33.7 Å². The maximum absolute atomic E-state index is 12.5. The smallest absolute Gasteiger partial charge is 0.243 e. The van der Waals surface area contributed by atoms with Crippen LogP contribution in [0.15, 0.2) is 53.2 Å². The minimum absolute atomic E-state index is 0.0227. The third-order valence-electron chi connectivity index (χ3n) is 4.44. The van der Waals surface area contributed by atoms with Crippen LogP contribution in [0, 0.1) is 17.2 Å². The lowest BCUT2D eigenvalue weighted by Gasteiger charge is -2.21. The van der Waals surface area contributed by atoms with E-state index in [-0.39, 0.29) is 18.5 Å². The van der Waals surface area contributed by atoms with Crippen LogP contribution in [0.4, 0.5) is 5.69 Å². The highest BCUT2D eigenvalue weighted by molar-refractivity contribution is 7.08. The van der Waals surface area contributed by atoms with Gasteiger partial charge in [0.1, 0.15) is 12.6 Å². The number of carbonyl (C=O) groups excluding carboxylic acids is 1. The average molecular weight is 378 g/mol. The van der Waals surface area contributed by atoms with Crippen LogP contribution < -0.4 is 10.6 Å². The summed E-state index contributed by atoms with van der Waals surface area (Å²) in [5, 5.41) is 21.4. The number of nitriles is 1. The van der Waals surface area contributed by atoms with Gasteiger partial charge in [-0.15, -0.1) is 11.3 Å². The average Bonchev–Trinajstić information content (AvgIpc) is 3.12. The molecule has 1 heterocycles. The number of anilines is 1. The summed E-state index contributed by atoms with van der Waals surface area (Å²) in [7, 11) is 0. The molecule has 0 fully saturated rings. The van der Waals surface area contributed by atoms with Gasteiger partial charge in [-0.1, -0.05) is 56.3 Å².